The topological polar surface area (TPSA) is 90.2 Å². The summed E-state index contributed by atoms with van der Waals surface area (Å²) in [5.74, 6) is -1.55. The molecule has 0 aliphatic rings. The molecule has 0 aromatic heterocycles. The smallest absolute Gasteiger partial charge is 0.338 e. The first kappa shape index (κ1) is 18.4. The van der Waals surface area contributed by atoms with Crippen molar-refractivity contribution in [1.29, 1.82) is 5.26 Å². The fraction of sp³-hybridized carbons (Fsp3) is 0. The number of carboxylic acid groups (broad SMARTS) is 1. The van der Waals surface area contributed by atoms with Crippen LogP contribution in [0.1, 0.15) is 26.3 Å². The summed E-state index contributed by atoms with van der Waals surface area (Å²) in [7, 11) is 0. The first-order valence-electron chi connectivity index (χ1n) is 7.93. The number of nitrogens with one attached hydrogen (secondary N) is 1. The number of aromatic carboxylic acids is 1. The summed E-state index contributed by atoms with van der Waals surface area (Å²) >= 11 is 3.31. The van der Waals surface area contributed by atoms with E-state index in [1.807, 2.05) is 6.07 Å². The van der Waals surface area contributed by atoms with Gasteiger partial charge in [0.2, 0.25) is 0 Å². The second-order valence-electron chi connectivity index (χ2n) is 5.68. The minimum atomic E-state index is -1.15. The maximum absolute atomic E-state index is 12.5. The van der Waals surface area contributed by atoms with Crippen molar-refractivity contribution in [3.63, 3.8) is 0 Å². The molecule has 5 nitrogen and oxygen atoms in total. The molecule has 1 amide bonds. The normalized spacial score (nSPS) is 10.1. The van der Waals surface area contributed by atoms with Crippen LogP contribution in [-0.4, -0.2) is 17.0 Å². The lowest BCUT2D eigenvalue weighted by molar-refractivity contribution is 0.0699. The monoisotopic (exact) mass is 420 g/mol. The summed E-state index contributed by atoms with van der Waals surface area (Å²) in [6.07, 6.45) is 0. The molecule has 3 aromatic carbocycles. The Hall–Kier alpha value is -3.43. The summed E-state index contributed by atoms with van der Waals surface area (Å²) in [5.41, 5.74) is 2.20. The molecule has 6 heteroatoms. The SMILES string of the molecule is N#Cc1ccc(-c2cccc(NC(=O)c3ccc(Br)cc3)c2C(=O)O)cc1. The maximum Gasteiger partial charge on any atom is 0.338 e. The molecule has 0 saturated carbocycles. The van der Waals surface area contributed by atoms with E-state index >= 15 is 0 Å². The first-order valence-corrected chi connectivity index (χ1v) is 8.72. The number of nitriles is 1. The molecule has 0 fully saturated rings. The fourth-order valence-corrected chi connectivity index (χ4v) is 2.91. The number of anilines is 1. The molecule has 0 bridgehead atoms. The van der Waals surface area contributed by atoms with Crippen molar-refractivity contribution in [2.75, 3.05) is 5.32 Å². The van der Waals surface area contributed by atoms with Crippen LogP contribution in [-0.2, 0) is 0 Å². The quantitative estimate of drug-likeness (QED) is 0.625. The Morgan fingerprint density at radius 2 is 1.63 bits per heavy atom. The standard InChI is InChI=1S/C21H13BrN2O3/c22-16-10-8-15(9-11-16)20(25)24-18-3-1-2-17(19(18)21(26)27)14-6-4-13(12-23)5-7-14/h1-11H,(H,24,25)(H,26,27). The molecule has 0 atom stereocenters. The van der Waals surface area contributed by atoms with Crippen LogP contribution in [0.15, 0.2) is 71.2 Å². The number of rotatable bonds is 4. The molecule has 132 valence electrons. The zero-order valence-electron chi connectivity index (χ0n) is 13.9. The van der Waals surface area contributed by atoms with Crippen LogP contribution >= 0.6 is 15.9 Å². The molecule has 0 unspecified atom stereocenters. The summed E-state index contributed by atoms with van der Waals surface area (Å²) in [4.78, 5) is 24.4. The van der Waals surface area contributed by atoms with Gasteiger partial charge in [-0.1, -0.05) is 40.2 Å². The van der Waals surface area contributed by atoms with Gasteiger partial charge in [-0.05, 0) is 53.6 Å². The van der Waals surface area contributed by atoms with Crippen LogP contribution in [0, 0.1) is 11.3 Å². The first-order chi connectivity index (χ1) is 13.0. The molecule has 3 aromatic rings. The van der Waals surface area contributed by atoms with Gasteiger partial charge in [-0.3, -0.25) is 4.79 Å². The number of carbonyl (C=O) groups is 2. The van der Waals surface area contributed by atoms with Gasteiger partial charge in [0.1, 0.15) is 0 Å². The predicted molar refractivity (Wildman–Crippen MR) is 106 cm³/mol. The lowest BCUT2D eigenvalue weighted by Crippen LogP contribution is -2.15. The Morgan fingerprint density at radius 1 is 0.963 bits per heavy atom. The lowest BCUT2D eigenvalue weighted by Gasteiger charge is -2.13. The average molecular weight is 421 g/mol. The molecule has 2 N–H and O–H groups in total. The van der Waals surface area contributed by atoms with E-state index < -0.39 is 11.9 Å². The third-order valence-electron chi connectivity index (χ3n) is 3.96. The Labute approximate surface area is 164 Å². The van der Waals surface area contributed by atoms with Crippen molar-refractivity contribution < 1.29 is 14.7 Å². The van der Waals surface area contributed by atoms with Crippen LogP contribution in [0.25, 0.3) is 11.1 Å². The number of nitrogens with zero attached hydrogens (tertiary/aromatic N) is 1. The van der Waals surface area contributed by atoms with Crippen molar-refractivity contribution >= 4 is 33.5 Å². The molecule has 0 aliphatic carbocycles. The highest BCUT2D eigenvalue weighted by molar-refractivity contribution is 9.10. The molecule has 3 rings (SSSR count). The van der Waals surface area contributed by atoms with E-state index in [0.29, 0.717) is 22.3 Å². The largest absolute Gasteiger partial charge is 0.478 e. The summed E-state index contributed by atoms with van der Waals surface area (Å²) in [5, 5.41) is 21.3. The Kier molecular flexibility index (Phi) is 5.34. The molecule has 27 heavy (non-hydrogen) atoms. The molecule has 0 aliphatic heterocycles. The highest BCUT2D eigenvalue weighted by Crippen LogP contribution is 2.30. The third kappa shape index (κ3) is 4.05. The highest BCUT2D eigenvalue weighted by Gasteiger charge is 2.19. The molecular weight excluding hydrogens is 408 g/mol. The zero-order valence-corrected chi connectivity index (χ0v) is 15.5. The van der Waals surface area contributed by atoms with Crippen LogP contribution in [0.4, 0.5) is 5.69 Å². The van der Waals surface area contributed by atoms with E-state index in [4.69, 9.17) is 5.26 Å². The molecule has 0 radical (unpaired) electrons. The van der Waals surface area contributed by atoms with Crippen molar-refractivity contribution in [3.8, 4) is 17.2 Å². The van der Waals surface area contributed by atoms with Crippen molar-refractivity contribution in [2.24, 2.45) is 0 Å². The minimum absolute atomic E-state index is 0.00679. The van der Waals surface area contributed by atoms with E-state index in [1.54, 1.807) is 66.7 Å². The van der Waals surface area contributed by atoms with Gasteiger partial charge in [0, 0.05) is 10.0 Å². The number of halogens is 1. The van der Waals surface area contributed by atoms with Crippen LogP contribution < -0.4 is 5.32 Å². The summed E-state index contributed by atoms with van der Waals surface area (Å²) in [6, 6.07) is 20.3. The average Bonchev–Trinajstić information content (AvgIpc) is 2.68. The van der Waals surface area contributed by atoms with E-state index in [2.05, 4.69) is 21.2 Å². The molecule has 0 spiro atoms. The molecular formula is C21H13BrN2O3. The fourth-order valence-electron chi connectivity index (χ4n) is 2.65. The van der Waals surface area contributed by atoms with Gasteiger partial charge in [0.15, 0.2) is 0 Å². The minimum Gasteiger partial charge on any atom is -0.478 e. The van der Waals surface area contributed by atoms with Crippen molar-refractivity contribution in [1.82, 2.24) is 0 Å². The number of carboxylic acids is 1. The van der Waals surface area contributed by atoms with Gasteiger partial charge in [0.25, 0.3) is 5.91 Å². The van der Waals surface area contributed by atoms with E-state index in [-0.39, 0.29) is 11.3 Å². The Bertz CT molecular complexity index is 1050. The number of hydrogen-bond acceptors (Lipinski definition) is 3. The predicted octanol–water partition coefficient (Wildman–Crippen LogP) is 4.94. The number of benzene rings is 3. The second kappa shape index (κ2) is 7.85. The van der Waals surface area contributed by atoms with Crippen molar-refractivity contribution in [2.45, 2.75) is 0 Å². The number of carbonyl (C=O) groups excluding carboxylic acids is 1. The number of hydrogen-bond donors (Lipinski definition) is 2. The second-order valence-corrected chi connectivity index (χ2v) is 6.60. The van der Waals surface area contributed by atoms with E-state index in [0.717, 1.165) is 4.47 Å². The zero-order chi connectivity index (χ0) is 19.4. The summed E-state index contributed by atoms with van der Waals surface area (Å²) in [6.45, 7) is 0. The van der Waals surface area contributed by atoms with Crippen LogP contribution in [0.3, 0.4) is 0 Å². The van der Waals surface area contributed by atoms with Gasteiger partial charge in [-0.25, -0.2) is 4.79 Å². The molecule has 0 heterocycles. The van der Waals surface area contributed by atoms with Gasteiger partial charge in [-0.15, -0.1) is 0 Å². The van der Waals surface area contributed by atoms with Gasteiger partial charge in [0.05, 0.1) is 22.9 Å². The van der Waals surface area contributed by atoms with Crippen molar-refractivity contribution in [3.05, 3.63) is 87.9 Å². The van der Waals surface area contributed by atoms with E-state index in [1.165, 1.54) is 0 Å². The summed E-state index contributed by atoms with van der Waals surface area (Å²) < 4.78 is 0.841. The van der Waals surface area contributed by atoms with Crippen LogP contribution in [0.2, 0.25) is 0 Å². The van der Waals surface area contributed by atoms with E-state index in [9.17, 15) is 14.7 Å². The maximum atomic E-state index is 12.5. The highest BCUT2D eigenvalue weighted by atomic mass is 79.9. The van der Waals surface area contributed by atoms with Gasteiger partial charge < -0.3 is 10.4 Å². The van der Waals surface area contributed by atoms with Gasteiger partial charge >= 0.3 is 5.97 Å². The lowest BCUT2D eigenvalue weighted by atomic mass is 9.97. The third-order valence-corrected chi connectivity index (χ3v) is 4.49. The van der Waals surface area contributed by atoms with Gasteiger partial charge in [-0.2, -0.15) is 5.26 Å². The van der Waals surface area contributed by atoms with Crippen LogP contribution in [0.5, 0.6) is 0 Å². The number of amides is 1. The Balaban J connectivity index is 2.00. The Morgan fingerprint density at radius 3 is 2.22 bits per heavy atom. The molecule has 0 saturated heterocycles.